The highest BCUT2D eigenvalue weighted by molar-refractivity contribution is 5.79. The van der Waals surface area contributed by atoms with Crippen molar-refractivity contribution < 1.29 is 9.90 Å². The molecule has 2 saturated carbocycles. The second-order valence-electron chi connectivity index (χ2n) is 6.40. The summed E-state index contributed by atoms with van der Waals surface area (Å²) in [6, 6.07) is 0.427. The van der Waals surface area contributed by atoms with Crippen molar-refractivity contribution in [1.29, 1.82) is 0 Å². The maximum atomic E-state index is 11.5. The van der Waals surface area contributed by atoms with Crippen molar-refractivity contribution >= 4 is 5.97 Å². The van der Waals surface area contributed by atoms with Crippen LogP contribution in [0.2, 0.25) is 0 Å². The molecule has 0 saturated heterocycles. The number of nitrogens with zero attached hydrogens (tertiary/aromatic N) is 1. The Balaban J connectivity index is 1.90. The van der Waals surface area contributed by atoms with E-state index < -0.39 is 11.5 Å². The van der Waals surface area contributed by atoms with Crippen molar-refractivity contribution in [2.24, 2.45) is 5.92 Å². The van der Waals surface area contributed by atoms with Crippen LogP contribution in [0.15, 0.2) is 0 Å². The molecule has 2 unspecified atom stereocenters. The highest BCUT2D eigenvalue weighted by atomic mass is 16.4. The lowest BCUT2D eigenvalue weighted by atomic mass is 9.97. The molecule has 0 aromatic heterocycles. The van der Waals surface area contributed by atoms with Crippen LogP contribution in [0.5, 0.6) is 0 Å². The second kappa shape index (κ2) is 6.23. The van der Waals surface area contributed by atoms with E-state index in [9.17, 15) is 9.90 Å². The van der Waals surface area contributed by atoms with E-state index in [1.807, 2.05) is 6.92 Å². The molecular weight excluding hydrogens is 240 g/mol. The molecule has 0 bridgehead atoms. The molecule has 2 N–H and O–H groups in total. The third-order valence-corrected chi connectivity index (χ3v) is 5.06. The van der Waals surface area contributed by atoms with E-state index >= 15 is 0 Å². The summed E-state index contributed by atoms with van der Waals surface area (Å²) < 4.78 is 0. The Labute approximate surface area is 116 Å². The van der Waals surface area contributed by atoms with Gasteiger partial charge in [0.2, 0.25) is 0 Å². The summed E-state index contributed by atoms with van der Waals surface area (Å²) in [4.78, 5) is 14.0. The molecule has 0 spiro atoms. The van der Waals surface area contributed by atoms with Crippen LogP contribution < -0.4 is 5.32 Å². The van der Waals surface area contributed by atoms with E-state index in [2.05, 4.69) is 17.3 Å². The van der Waals surface area contributed by atoms with Gasteiger partial charge < -0.3 is 15.3 Å². The van der Waals surface area contributed by atoms with E-state index in [1.165, 1.54) is 25.7 Å². The Bertz CT molecular complexity index is 315. The maximum Gasteiger partial charge on any atom is 0.323 e. The molecule has 0 aromatic carbocycles. The van der Waals surface area contributed by atoms with Gasteiger partial charge in [0.05, 0.1) is 0 Å². The first-order valence-corrected chi connectivity index (χ1v) is 7.76. The van der Waals surface area contributed by atoms with Crippen LogP contribution >= 0.6 is 0 Å². The van der Waals surface area contributed by atoms with Crippen molar-refractivity contribution in [1.82, 2.24) is 10.2 Å². The number of hydrogen-bond acceptors (Lipinski definition) is 3. The lowest BCUT2D eigenvalue weighted by Crippen LogP contribution is -2.51. The van der Waals surface area contributed by atoms with Crippen LogP contribution in [-0.2, 0) is 4.79 Å². The lowest BCUT2D eigenvalue weighted by Gasteiger charge is -2.30. The molecule has 0 radical (unpaired) electrons. The number of likely N-dealkylation sites (N-methyl/N-ethyl adjacent to an activating group) is 1. The average Bonchev–Trinajstić information content (AvgIpc) is 2.99. The van der Waals surface area contributed by atoms with Crippen LogP contribution in [0, 0.1) is 5.92 Å². The molecule has 0 amide bonds. The fourth-order valence-electron chi connectivity index (χ4n) is 3.91. The molecule has 0 aliphatic heterocycles. The molecule has 2 aliphatic carbocycles. The minimum Gasteiger partial charge on any atom is -0.480 e. The standard InChI is InChI=1S/C15H28N2O2/c1-3-16-15(14(18)19)9-8-13(10-15)17(2)11-12-6-4-5-7-12/h12-13,16H,3-11H2,1-2H3,(H,18,19). The highest BCUT2D eigenvalue weighted by Gasteiger charge is 2.46. The Morgan fingerprint density at radius 2 is 2.05 bits per heavy atom. The first-order valence-electron chi connectivity index (χ1n) is 7.76. The third-order valence-electron chi connectivity index (χ3n) is 5.06. The number of nitrogens with one attached hydrogen (secondary N) is 1. The van der Waals surface area contributed by atoms with Crippen LogP contribution in [0.1, 0.15) is 51.9 Å². The first-order chi connectivity index (χ1) is 9.07. The smallest absolute Gasteiger partial charge is 0.323 e. The quantitative estimate of drug-likeness (QED) is 0.774. The van der Waals surface area contributed by atoms with Crippen LogP contribution in [0.3, 0.4) is 0 Å². The number of carbonyl (C=O) groups is 1. The largest absolute Gasteiger partial charge is 0.480 e. The van der Waals surface area contributed by atoms with Gasteiger partial charge in [0, 0.05) is 12.6 Å². The number of rotatable bonds is 6. The Morgan fingerprint density at radius 3 is 2.63 bits per heavy atom. The molecule has 0 heterocycles. The fraction of sp³-hybridized carbons (Fsp3) is 0.933. The second-order valence-corrected chi connectivity index (χ2v) is 6.40. The first kappa shape index (κ1) is 14.8. The topological polar surface area (TPSA) is 52.6 Å². The van der Waals surface area contributed by atoms with Gasteiger partial charge in [0.25, 0.3) is 0 Å². The number of hydrogen-bond donors (Lipinski definition) is 2. The van der Waals surface area contributed by atoms with Gasteiger partial charge in [-0.15, -0.1) is 0 Å². The summed E-state index contributed by atoms with van der Waals surface area (Å²) in [5, 5.41) is 12.7. The van der Waals surface area contributed by atoms with Crippen molar-refractivity contribution in [2.45, 2.75) is 63.5 Å². The molecule has 4 heteroatoms. The molecule has 0 aromatic rings. The number of carboxylic acid groups (broad SMARTS) is 1. The molecule has 19 heavy (non-hydrogen) atoms. The van der Waals surface area contributed by atoms with Crippen molar-refractivity contribution in [3.63, 3.8) is 0 Å². The van der Waals surface area contributed by atoms with E-state index in [1.54, 1.807) is 0 Å². The van der Waals surface area contributed by atoms with Gasteiger partial charge in [-0.05, 0) is 51.6 Å². The van der Waals surface area contributed by atoms with Crippen molar-refractivity contribution in [3.05, 3.63) is 0 Å². The van der Waals surface area contributed by atoms with Crippen LogP contribution in [0.4, 0.5) is 0 Å². The molecule has 2 atom stereocenters. The van der Waals surface area contributed by atoms with Gasteiger partial charge >= 0.3 is 5.97 Å². The Morgan fingerprint density at radius 1 is 1.37 bits per heavy atom. The minimum absolute atomic E-state index is 0.427. The van der Waals surface area contributed by atoms with Gasteiger partial charge in [-0.1, -0.05) is 19.8 Å². The average molecular weight is 268 g/mol. The van der Waals surface area contributed by atoms with Crippen molar-refractivity contribution in [2.75, 3.05) is 20.1 Å². The summed E-state index contributed by atoms with van der Waals surface area (Å²) in [7, 11) is 2.17. The molecule has 4 nitrogen and oxygen atoms in total. The van der Waals surface area contributed by atoms with Crippen LogP contribution in [0.25, 0.3) is 0 Å². The van der Waals surface area contributed by atoms with Crippen LogP contribution in [-0.4, -0.2) is 47.7 Å². The summed E-state index contributed by atoms with van der Waals surface area (Å²) >= 11 is 0. The summed E-state index contributed by atoms with van der Waals surface area (Å²) in [5.74, 6) is 0.162. The molecule has 2 aliphatic rings. The van der Waals surface area contributed by atoms with E-state index in [-0.39, 0.29) is 0 Å². The van der Waals surface area contributed by atoms with Gasteiger partial charge in [-0.25, -0.2) is 0 Å². The Hall–Kier alpha value is -0.610. The summed E-state index contributed by atoms with van der Waals surface area (Å²) in [6.07, 6.45) is 7.97. The molecule has 2 rings (SSSR count). The van der Waals surface area contributed by atoms with Gasteiger partial charge in [-0.3, -0.25) is 4.79 Å². The molecule has 110 valence electrons. The zero-order valence-electron chi connectivity index (χ0n) is 12.3. The predicted molar refractivity (Wildman–Crippen MR) is 76.3 cm³/mol. The number of carboxylic acids is 1. The zero-order valence-corrected chi connectivity index (χ0v) is 12.3. The minimum atomic E-state index is -0.677. The normalized spacial score (nSPS) is 32.3. The predicted octanol–water partition coefficient (Wildman–Crippen LogP) is 2.09. The molecule has 2 fully saturated rings. The molecular formula is C15H28N2O2. The lowest BCUT2D eigenvalue weighted by molar-refractivity contribution is -0.144. The summed E-state index contributed by atoms with van der Waals surface area (Å²) in [6.45, 7) is 3.86. The maximum absolute atomic E-state index is 11.5. The van der Waals surface area contributed by atoms with Gasteiger partial charge in [-0.2, -0.15) is 0 Å². The van der Waals surface area contributed by atoms with Gasteiger partial charge in [0.1, 0.15) is 5.54 Å². The van der Waals surface area contributed by atoms with E-state index in [0.717, 1.165) is 38.3 Å². The number of aliphatic carboxylic acids is 1. The van der Waals surface area contributed by atoms with E-state index in [4.69, 9.17) is 0 Å². The monoisotopic (exact) mass is 268 g/mol. The Kier molecular flexibility index (Phi) is 4.85. The highest BCUT2D eigenvalue weighted by Crippen LogP contribution is 2.34. The van der Waals surface area contributed by atoms with Crippen molar-refractivity contribution in [3.8, 4) is 0 Å². The SMILES string of the molecule is CCNC1(C(=O)O)CCC(N(C)CC2CCCC2)C1. The fourth-order valence-corrected chi connectivity index (χ4v) is 3.91. The third kappa shape index (κ3) is 3.29. The zero-order chi connectivity index (χ0) is 13.9. The summed E-state index contributed by atoms with van der Waals surface area (Å²) in [5.41, 5.74) is -0.677. The van der Waals surface area contributed by atoms with E-state index in [0.29, 0.717) is 6.04 Å². The van der Waals surface area contributed by atoms with Gasteiger partial charge in [0.15, 0.2) is 0 Å².